The minimum atomic E-state index is -1.20. The molecule has 1 fully saturated rings. The van der Waals surface area contributed by atoms with Gasteiger partial charge in [0.25, 0.3) is 0 Å². The molecule has 2 unspecified atom stereocenters. The third-order valence-corrected chi connectivity index (χ3v) is 6.26. The molecule has 3 atom stereocenters. The van der Waals surface area contributed by atoms with Crippen LogP contribution in [0.3, 0.4) is 0 Å². The Morgan fingerprint density at radius 3 is 2.55 bits per heavy atom. The number of hydrogen-bond acceptors (Lipinski definition) is 5. The Morgan fingerprint density at radius 2 is 2.03 bits per heavy atom. The second-order valence-electron chi connectivity index (χ2n) is 8.23. The van der Waals surface area contributed by atoms with Crippen molar-refractivity contribution in [2.75, 3.05) is 4.90 Å². The SMILES string of the molecule is CC(C)C[C@]1(N(C(=O)O)c2ccc(Cl)cc2)CCCC(n2cc([N+](=O)[O-])nc2Cl)C1O. The van der Waals surface area contributed by atoms with Crippen molar-refractivity contribution in [3.63, 3.8) is 0 Å². The first-order chi connectivity index (χ1) is 14.6. The lowest BCUT2D eigenvalue weighted by Gasteiger charge is -2.51. The van der Waals surface area contributed by atoms with Gasteiger partial charge in [-0.2, -0.15) is 0 Å². The summed E-state index contributed by atoms with van der Waals surface area (Å²) in [6, 6.07) is 5.72. The second-order valence-corrected chi connectivity index (χ2v) is 9.01. The van der Waals surface area contributed by atoms with Crippen molar-refractivity contribution in [2.45, 2.75) is 57.2 Å². The van der Waals surface area contributed by atoms with Crippen LogP contribution in [0.4, 0.5) is 16.3 Å². The summed E-state index contributed by atoms with van der Waals surface area (Å²) in [5.74, 6) is -0.361. The number of halogens is 2. The minimum absolute atomic E-state index is 0.0649. The fraction of sp³-hybridized carbons (Fsp3) is 0.500. The van der Waals surface area contributed by atoms with E-state index in [4.69, 9.17) is 23.2 Å². The van der Waals surface area contributed by atoms with Gasteiger partial charge in [0.15, 0.2) is 0 Å². The van der Waals surface area contributed by atoms with Crippen molar-refractivity contribution < 1.29 is 19.9 Å². The monoisotopic (exact) mass is 470 g/mol. The van der Waals surface area contributed by atoms with E-state index >= 15 is 0 Å². The van der Waals surface area contributed by atoms with Gasteiger partial charge in [-0.1, -0.05) is 25.4 Å². The van der Waals surface area contributed by atoms with Crippen LogP contribution in [-0.2, 0) is 0 Å². The van der Waals surface area contributed by atoms with E-state index in [1.165, 1.54) is 15.7 Å². The van der Waals surface area contributed by atoms with Gasteiger partial charge in [-0.25, -0.2) is 4.79 Å². The van der Waals surface area contributed by atoms with Gasteiger partial charge in [0, 0.05) is 10.7 Å². The van der Waals surface area contributed by atoms with E-state index in [2.05, 4.69) is 4.98 Å². The zero-order valence-electron chi connectivity index (χ0n) is 17.1. The van der Waals surface area contributed by atoms with E-state index in [1.54, 1.807) is 24.3 Å². The predicted molar refractivity (Wildman–Crippen MR) is 117 cm³/mol. The highest BCUT2D eigenvalue weighted by molar-refractivity contribution is 6.30. The Bertz CT molecular complexity index is 965. The first kappa shape index (κ1) is 23.3. The molecule has 2 aromatic rings. The summed E-state index contributed by atoms with van der Waals surface area (Å²) in [4.78, 5) is 27.9. The maximum Gasteiger partial charge on any atom is 0.412 e. The summed E-state index contributed by atoms with van der Waals surface area (Å²) in [7, 11) is 0. The van der Waals surface area contributed by atoms with Crippen LogP contribution < -0.4 is 4.90 Å². The van der Waals surface area contributed by atoms with Crippen molar-refractivity contribution in [1.82, 2.24) is 9.55 Å². The Balaban J connectivity index is 2.11. The van der Waals surface area contributed by atoms with Crippen LogP contribution in [0.1, 0.15) is 45.6 Å². The lowest BCUT2D eigenvalue weighted by Crippen LogP contribution is -2.63. The van der Waals surface area contributed by atoms with Crippen molar-refractivity contribution in [2.24, 2.45) is 5.92 Å². The Labute approximate surface area is 189 Å². The zero-order valence-corrected chi connectivity index (χ0v) is 18.6. The summed E-state index contributed by atoms with van der Waals surface area (Å²) in [6.07, 6.45) is 0.679. The molecule has 168 valence electrons. The number of benzene rings is 1. The molecule has 0 spiro atoms. The fourth-order valence-corrected chi connectivity index (χ4v) is 5.05. The highest BCUT2D eigenvalue weighted by Gasteiger charge is 2.52. The number of carboxylic acid groups (broad SMARTS) is 1. The smallest absolute Gasteiger partial charge is 0.412 e. The van der Waals surface area contributed by atoms with Crippen LogP contribution in [0.15, 0.2) is 30.5 Å². The summed E-state index contributed by atoms with van der Waals surface area (Å²) in [5, 5.41) is 33.2. The molecular weight excluding hydrogens is 447 g/mol. The normalized spacial score (nSPS) is 23.7. The van der Waals surface area contributed by atoms with Gasteiger partial charge in [-0.15, -0.1) is 0 Å². The number of anilines is 1. The quantitative estimate of drug-likeness (QED) is 0.444. The van der Waals surface area contributed by atoms with Gasteiger partial charge in [0.05, 0.1) is 17.7 Å². The molecule has 1 amide bonds. The number of rotatable bonds is 6. The van der Waals surface area contributed by atoms with E-state index in [0.717, 1.165) is 0 Å². The van der Waals surface area contributed by atoms with Crippen molar-refractivity contribution >= 4 is 40.8 Å². The minimum Gasteiger partial charge on any atom is -0.465 e. The first-order valence-corrected chi connectivity index (χ1v) is 10.7. The van der Waals surface area contributed by atoms with Crippen LogP contribution in [-0.4, -0.2) is 42.4 Å². The predicted octanol–water partition coefficient (Wildman–Crippen LogP) is 5.15. The van der Waals surface area contributed by atoms with Gasteiger partial charge in [-0.05, 0) is 77.4 Å². The van der Waals surface area contributed by atoms with Crippen LogP contribution >= 0.6 is 23.2 Å². The molecule has 0 radical (unpaired) electrons. The van der Waals surface area contributed by atoms with E-state index in [-0.39, 0.29) is 11.2 Å². The van der Waals surface area contributed by atoms with E-state index in [9.17, 15) is 25.1 Å². The maximum absolute atomic E-state index is 12.5. The topological polar surface area (TPSA) is 122 Å². The Morgan fingerprint density at radius 1 is 1.39 bits per heavy atom. The number of aliphatic hydroxyl groups excluding tert-OH is 1. The molecule has 1 saturated carbocycles. The number of imidazole rings is 1. The van der Waals surface area contributed by atoms with E-state index in [0.29, 0.717) is 36.4 Å². The number of hydrogen-bond donors (Lipinski definition) is 2. The number of aliphatic hydroxyl groups is 1. The third-order valence-electron chi connectivity index (χ3n) is 5.73. The number of aromatic nitrogens is 2. The van der Waals surface area contributed by atoms with Gasteiger partial charge in [-0.3, -0.25) is 9.47 Å². The summed E-state index contributed by atoms with van der Waals surface area (Å²) < 4.78 is 1.38. The lowest BCUT2D eigenvalue weighted by molar-refractivity contribution is -0.389. The number of nitro groups is 1. The molecule has 2 N–H and O–H groups in total. The fourth-order valence-electron chi connectivity index (χ4n) is 4.67. The molecule has 0 saturated heterocycles. The summed E-state index contributed by atoms with van der Waals surface area (Å²) in [5.41, 5.74) is -0.779. The highest BCUT2D eigenvalue weighted by atomic mass is 35.5. The van der Waals surface area contributed by atoms with E-state index in [1.807, 2.05) is 13.8 Å². The van der Waals surface area contributed by atoms with Gasteiger partial charge in [0.2, 0.25) is 0 Å². The molecule has 1 aromatic carbocycles. The van der Waals surface area contributed by atoms with Gasteiger partial charge in [0.1, 0.15) is 6.20 Å². The van der Waals surface area contributed by atoms with Crippen LogP contribution in [0.25, 0.3) is 0 Å². The molecule has 3 rings (SSSR count). The maximum atomic E-state index is 12.5. The summed E-state index contributed by atoms with van der Waals surface area (Å²) >= 11 is 12.1. The first-order valence-electron chi connectivity index (χ1n) is 9.92. The molecule has 1 aliphatic rings. The number of amides is 1. The Kier molecular flexibility index (Phi) is 6.78. The third kappa shape index (κ3) is 4.49. The summed E-state index contributed by atoms with van der Waals surface area (Å²) in [6.45, 7) is 3.91. The number of nitrogens with zero attached hydrogens (tertiary/aromatic N) is 4. The average molecular weight is 471 g/mol. The largest absolute Gasteiger partial charge is 0.465 e. The van der Waals surface area contributed by atoms with Gasteiger partial charge >= 0.3 is 17.2 Å². The zero-order chi connectivity index (χ0) is 22.9. The molecular formula is C20H24Cl2N4O5. The molecule has 11 heteroatoms. The molecule has 1 aliphatic carbocycles. The average Bonchev–Trinajstić information content (AvgIpc) is 3.07. The standard InChI is InChI=1S/C20H24Cl2N4O5/c1-12(2)10-20(25(19(28)29)14-7-5-13(21)6-8-14)9-3-4-15(17(20)27)24-11-16(26(30)31)23-18(24)22/h5-8,11-12,15,17,27H,3-4,9-10H2,1-2H3,(H,28,29)/t15?,17?,20-/m1/s1. The highest BCUT2D eigenvalue weighted by Crippen LogP contribution is 2.46. The van der Waals surface area contributed by atoms with Crippen molar-refractivity contribution in [3.8, 4) is 0 Å². The Hall–Kier alpha value is -2.36. The van der Waals surface area contributed by atoms with Crippen molar-refractivity contribution in [1.29, 1.82) is 0 Å². The van der Waals surface area contributed by atoms with E-state index < -0.39 is 34.5 Å². The number of carbonyl (C=O) groups is 1. The molecule has 9 nitrogen and oxygen atoms in total. The van der Waals surface area contributed by atoms with Crippen molar-refractivity contribution in [3.05, 3.63) is 50.9 Å². The van der Waals surface area contributed by atoms with Crippen LogP contribution in [0.5, 0.6) is 0 Å². The lowest BCUT2D eigenvalue weighted by atomic mass is 9.70. The second kappa shape index (κ2) is 9.02. The van der Waals surface area contributed by atoms with Crippen LogP contribution in [0, 0.1) is 16.0 Å². The van der Waals surface area contributed by atoms with Crippen LogP contribution in [0.2, 0.25) is 10.3 Å². The molecule has 1 heterocycles. The molecule has 0 aliphatic heterocycles. The molecule has 0 bridgehead atoms. The van der Waals surface area contributed by atoms with Gasteiger partial charge < -0.3 is 20.3 Å². The molecule has 31 heavy (non-hydrogen) atoms. The molecule has 1 aromatic heterocycles.